The number of likely N-dealkylation sites (tertiary alicyclic amines) is 1. The first-order valence-corrected chi connectivity index (χ1v) is 7.13. The first-order chi connectivity index (χ1) is 9.83. The minimum absolute atomic E-state index is 0.0992. The second-order valence-corrected chi connectivity index (χ2v) is 5.46. The van der Waals surface area contributed by atoms with Crippen molar-refractivity contribution in [2.24, 2.45) is 0 Å². The van der Waals surface area contributed by atoms with Crippen LogP contribution in [0.5, 0.6) is 11.5 Å². The van der Waals surface area contributed by atoms with Crippen molar-refractivity contribution in [3.05, 3.63) is 23.6 Å². The predicted octanol–water partition coefficient (Wildman–Crippen LogP) is 2.67. The van der Waals surface area contributed by atoms with Crippen LogP contribution < -0.4 is 9.47 Å². The van der Waals surface area contributed by atoms with Crippen LogP contribution >= 0.6 is 0 Å². The SMILES string of the molecule is Fc1c2c(cc3[nH]cc(CCN4CCCC4)c13)OCO2. The molecule has 2 aromatic rings. The summed E-state index contributed by atoms with van der Waals surface area (Å²) in [5, 5.41) is 0.647. The Bertz CT molecular complexity index is 647. The highest BCUT2D eigenvalue weighted by Crippen LogP contribution is 2.40. The minimum Gasteiger partial charge on any atom is -0.453 e. The number of hydrogen-bond acceptors (Lipinski definition) is 3. The summed E-state index contributed by atoms with van der Waals surface area (Å²) in [5.74, 6) is 0.440. The second-order valence-electron chi connectivity index (χ2n) is 5.46. The molecule has 0 amide bonds. The lowest BCUT2D eigenvalue weighted by Crippen LogP contribution is -2.21. The van der Waals surface area contributed by atoms with E-state index in [9.17, 15) is 4.39 Å². The zero-order chi connectivity index (χ0) is 13.5. The molecule has 2 aliphatic rings. The van der Waals surface area contributed by atoms with Gasteiger partial charge < -0.3 is 19.4 Å². The molecule has 3 heterocycles. The van der Waals surface area contributed by atoms with Crippen LogP contribution in [0.25, 0.3) is 10.9 Å². The molecule has 106 valence electrons. The molecule has 0 unspecified atom stereocenters. The Balaban J connectivity index is 1.66. The van der Waals surface area contributed by atoms with Gasteiger partial charge in [-0.1, -0.05) is 0 Å². The summed E-state index contributed by atoms with van der Waals surface area (Å²) < 4.78 is 25.0. The Kier molecular flexibility index (Phi) is 2.80. The maximum absolute atomic E-state index is 14.5. The van der Waals surface area contributed by atoms with E-state index in [0.717, 1.165) is 37.1 Å². The third-order valence-electron chi connectivity index (χ3n) is 4.22. The molecule has 4 rings (SSSR count). The Morgan fingerprint density at radius 1 is 1.25 bits per heavy atom. The first kappa shape index (κ1) is 12.0. The highest BCUT2D eigenvalue weighted by molar-refractivity contribution is 5.87. The number of nitrogens with one attached hydrogen (secondary N) is 1. The average Bonchev–Trinajstić information content (AvgIpc) is 3.17. The number of fused-ring (bicyclic) bond motifs is 2. The van der Waals surface area contributed by atoms with Gasteiger partial charge in [0.2, 0.25) is 12.5 Å². The van der Waals surface area contributed by atoms with Crippen LogP contribution in [0.2, 0.25) is 0 Å². The predicted molar refractivity (Wildman–Crippen MR) is 73.8 cm³/mol. The highest BCUT2D eigenvalue weighted by Gasteiger charge is 2.24. The summed E-state index contributed by atoms with van der Waals surface area (Å²) in [6.45, 7) is 3.41. The summed E-state index contributed by atoms with van der Waals surface area (Å²) in [6, 6.07) is 1.82. The van der Waals surface area contributed by atoms with Crippen LogP contribution in [0.4, 0.5) is 4.39 Å². The number of ether oxygens (including phenoxy) is 2. The fourth-order valence-electron chi connectivity index (χ4n) is 3.15. The minimum atomic E-state index is -0.298. The lowest BCUT2D eigenvalue weighted by molar-refractivity contribution is 0.171. The molecule has 2 aliphatic heterocycles. The molecule has 4 nitrogen and oxygen atoms in total. The van der Waals surface area contributed by atoms with Crippen molar-refractivity contribution >= 4 is 10.9 Å². The summed E-state index contributed by atoms with van der Waals surface area (Å²) in [7, 11) is 0. The fraction of sp³-hybridized carbons (Fsp3) is 0.467. The lowest BCUT2D eigenvalue weighted by atomic mass is 10.1. The monoisotopic (exact) mass is 276 g/mol. The summed E-state index contributed by atoms with van der Waals surface area (Å²) in [5.41, 5.74) is 1.80. The summed E-state index contributed by atoms with van der Waals surface area (Å²) >= 11 is 0. The van der Waals surface area contributed by atoms with Crippen molar-refractivity contribution < 1.29 is 13.9 Å². The van der Waals surface area contributed by atoms with Crippen molar-refractivity contribution in [2.45, 2.75) is 19.3 Å². The number of benzene rings is 1. The Morgan fingerprint density at radius 3 is 2.95 bits per heavy atom. The van der Waals surface area contributed by atoms with Gasteiger partial charge in [0.25, 0.3) is 0 Å². The van der Waals surface area contributed by atoms with Gasteiger partial charge in [-0.2, -0.15) is 0 Å². The van der Waals surface area contributed by atoms with Crippen molar-refractivity contribution in [3.63, 3.8) is 0 Å². The molecule has 1 N–H and O–H groups in total. The lowest BCUT2D eigenvalue weighted by Gasteiger charge is -2.13. The first-order valence-electron chi connectivity index (χ1n) is 7.13. The van der Waals surface area contributed by atoms with Gasteiger partial charge in [0, 0.05) is 24.2 Å². The molecule has 0 atom stereocenters. The van der Waals surface area contributed by atoms with Crippen LogP contribution in [-0.2, 0) is 6.42 Å². The van der Waals surface area contributed by atoms with Crippen molar-refractivity contribution in [2.75, 3.05) is 26.4 Å². The molecule has 0 aliphatic carbocycles. The van der Waals surface area contributed by atoms with Crippen LogP contribution in [0.3, 0.4) is 0 Å². The third kappa shape index (κ3) is 1.85. The number of hydrogen-bond donors (Lipinski definition) is 1. The molecular formula is C15H17FN2O2. The standard InChI is InChI=1S/C15H17FN2O2/c16-14-13-10(3-6-18-4-1-2-5-18)8-17-11(13)7-12-15(14)20-9-19-12/h7-8,17H,1-6,9H2. The fourth-order valence-corrected chi connectivity index (χ4v) is 3.15. The Labute approximate surface area is 116 Å². The quantitative estimate of drug-likeness (QED) is 0.936. The van der Waals surface area contributed by atoms with Gasteiger partial charge in [0.1, 0.15) is 0 Å². The van der Waals surface area contributed by atoms with E-state index in [1.807, 2.05) is 12.3 Å². The van der Waals surface area contributed by atoms with E-state index in [1.54, 1.807) is 0 Å². The zero-order valence-corrected chi connectivity index (χ0v) is 11.2. The molecule has 0 bridgehead atoms. The van der Waals surface area contributed by atoms with Crippen molar-refractivity contribution in [1.82, 2.24) is 9.88 Å². The topological polar surface area (TPSA) is 37.5 Å². The molecule has 1 fully saturated rings. The molecule has 1 saturated heterocycles. The van der Waals surface area contributed by atoms with Crippen molar-refractivity contribution in [1.29, 1.82) is 0 Å². The molecular weight excluding hydrogens is 259 g/mol. The van der Waals surface area contributed by atoms with Crippen LogP contribution in [0.15, 0.2) is 12.3 Å². The van der Waals surface area contributed by atoms with E-state index < -0.39 is 0 Å². The number of H-pyrrole nitrogens is 1. The van der Waals surface area contributed by atoms with Gasteiger partial charge in [-0.3, -0.25) is 0 Å². The van der Waals surface area contributed by atoms with E-state index >= 15 is 0 Å². The van der Waals surface area contributed by atoms with Crippen molar-refractivity contribution in [3.8, 4) is 11.5 Å². The zero-order valence-electron chi connectivity index (χ0n) is 11.2. The molecule has 1 aromatic heterocycles. The van der Waals surface area contributed by atoms with Crippen LogP contribution in [0, 0.1) is 5.82 Å². The second kappa shape index (κ2) is 4.66. The summed E-state index contributed by atoms with van der Waals surface area (Å²) in [4.78, 5) is 5.57. The van der Waals surface area contributed by atoms with E-state index in [-0.39, 0.29) is 18.4 Å². The van der Waals surface area contributed by atoms with E-state index in [4.69, 9.17) is 9.47 Å². The number of aromatic amines is 1. The largest absolute Gasteiger partial charge is 0.453 e. The van der Waals surface area contributed by atoms with Gasteiger partial charge in [-0.25, -0.2) is 4.39 Å². The third-order valence-corrected chi connectivity index (χ3v) is 4.22. The smallest absolute Gasteiger partial charge is 0.231 e. The van der Waals surface area contributed by atoms with E-state index in [1.165, 1.54) is 12.8 Å². The summed E-state index contributed by atoms with van der Waals surface area (Å²) in [6.07, 6.45) is 5.32. The number of rotatable bonds is 3. The Hall–Kier alpha value is -1.75. The van der Waals surface area contributed by atoms with E-state index in [2.05, 4.69) is 9.88 Å². The Morgan fingerprint density at radius 2 is 2.10 bits per heavy atom. The molecule has 0 spiro atoms. The maximum Gasteiger partial charge on any atom is 0.231 e. The van der Waals surface area contributed by atoms with Gasteiger partial charge in [0.05, 0.1) is 5.52 Å². The average molecular weight is 276 g/mol. The highest BCUT2D eigenvalue weighted by atomic mass is 19.1. The number of halogens is 1. The van der Waals surface area contributed by atoms with Gasteiger partial charge in [-0.15, -0.1) is 0 Å². The molecule has 1 aromatic carbocycles. The van der Waals surface area contributed by atoms with Gasteiger partial charge in [-0.05, 0) is 37.9 Å². The molecule has 20 heavy (non-hydrogen) atoms. The number of nitrogens with zero attached hydrogens (tertiary/aromatic N) is 1. The van der Waals surface area contributed by atoms with Crippen LogP contribution in [-0.4, -0.2) is 36.3 Å². The molecule has 5 heteroatoms. The van der Waals surface area contributed by atoms with E-state index in [0.29, 0.717) is 11.1 Å². The van der Waals surface area contributed by atoms with Crippen LogP contribution in [0.1, 0.15) is 18.4 Å². The maximum atomic E-state index is 14.5. The molecule has 0 radical (unpaired) electrons. The number of aromatic nitrogens is 1. The van der Waals surface area contributed by atoms with Gasteiger partial charge >= 0.3 is 0 Å². The molecule has 0 saturated carbocycles. The normalized spacial score (nSPS) is 18.2. The van der Waals surface area contributed by atoms with Gasteiger partial charge in [0.15, 0.2) is 11.6 Å².